The summed E-state index contributed by atoms with van der Waals surface area (Å²) in [5, 5.41) is 1.97. The zero-order valence-electron chi connectivity index (χ0n) is 25.8. The summed E-state index contributed by atoms with van der Waals surface area (Å²) in [6.45, 7) is 8.00. The van der Waals surface area contributed by atoms with Gasteiger partial charge in [0.1, 0.15) is 17.2 Å². The number of esters is 1. The lowest BCUT2D eigenvalue weighted by atomic mass is 9.88. The molecule has 1 atom stereocenters. The molecule has 0 aliphatic carbocycles. The summed E-state index contributed by atoms with van der Waals surface area (Å²) in [5.41, 5.74) is 3.94. The number of ether oxygens (including phenoxy) is 3. The molecule has 5 aromatic rings. The van der Waals surface area contributed by atoms with Gasteiger partial charge in [0.05, 0.1) is 25.2 Å². The first kappa shape index (κ1) is 30.5. The topological polar surface area (TPSA) is 107 Å². The van der Waals surface area contributed by atoms with Gasteiger partial charge < -0.3 is 19.2 Å². The van der Waals surface area contributed by atoms with Crippen LogP contribution in [0.15, 0.2) is 79.1 Å². The number of H-pyrrole nitrogens is 1. The Morgan fingerprint density at radius 2 is 1.84 bits per heavy atom. The van der Waals surface area contributed by atoms with E-state index in [0.29, 0.717) is 31.2 Å². The van der Waals surface area contributed by atoms with Gasteiger partial charge in [-0.1, -0.05) is 24.3 Å². The van der Waals surface area contributed by atoms with E-state index in [1.807, 2.05) is 94.7 Å². The summed E-state index contributed by atoms with van der Waals surface area (Å²) in [7, 11) is 1.64. The predicted molar refractivity (Wildman–Crippen MR) is 171 cm³/mol. The fourth-order valence-electron chi connectivity index (χ4n) is 5.06. The molecule has 0 aliphatic rings. The van der Waals surface area contributed by atoms with Crippen LogP contribution >= 0.6 is 0 Å². The van der Waals surface area contributed by atoms with E-state index in [1.165, 1.54) is 4.90 Å². The molecule has 5 rings (SSSR count). The molecule has 0 saturated heterocycles. The molecule has 1 unspecified atom stereocenters. The Morgan fingerprint density at radius 1 is 1.02 bits per heavy atom. The van der Waals surface area contributed by atoms with Gasteiger partial charge in [-0.3, -0.25) is 14.7 Å². The molecule has 0 saturated carbocycles. The fourth-order valence-corrected chi connectivity index (χ4v) is 5.06. The second-order valence-corrected chi connectivity index (χ2v) is 11.6. The van der Waals surface area contributed by atoms with E-state index in [4.69, 9.17) is 14.2 Å². The molecule has 0 radical (unpaired) electrons. The lowest BCUT2D eigenvalue weighted by molar-refractivity contribution is -0.143. The molecule has 3 heterocycles. The fraction of sp³-hybridized carbons (Fsp3) is 0.314. The summed E-state index contributed by atoms with van der Waals surface area (Å²) in [6.07, 6.45) is 4.06. The van der Waals surface area contributed by atoms with Crippen molar-refractivity contribution in [3.05, 3.63) is 95.9 Å². The van der Waals surface area contributed by atoms with Crippen LogP contribution in [0.2, 0.25) is 0 Å². The Bertz CT molecular complexity index is 1770. The average molecular weight is 595 g/mol. The number of nitrogens with one attached hydrogen (secondary N) is 1. The van der Waals surface area contributed by atoms with Crippen LogP contribution in [-0.2, 0) is 20.7 Å². The van der Waals surface area contributed by atoms with Gasteiger partial charge in [-0.25, -0.2) is 9.78 Å². The predicted octanol–water partition coefficient (Wildman–Crippen LogP) is 7.19. The largest absolute Gasteiger partial charge is 0.493 e. The Hall–Kier alpha value is -4.92. The highest BCUT2D eigenvalue weighted by Crippen LogP contribution is 2.36. The van der Waals surface area contributed by atoms with Crippen LogP contribution in [0, 0.1) is 0 Å². The molecular weight excluding hydrogens is 556 g/mol. The number of hydrogen-bond donors (Lipinski definition) is 1. The third kappa shape index (κ3) is 7.34. The number of benzene rings is 2. The van der Waals surface area contributed by atoms with E-state index in [1.54, 1.807) is 13.1 Å². The van der Waals surface area contributed by atoms with Gasteiger partial charge in [0.25, 0.3) is 0 Å². The number of carbonyl (C=O) groups excluding carboxylic acids is 2. The highest BCUT2D eigenvalue weighted by atomic mass is 16.6. The molecule has 1 N–H and O–H groups in total. The zero-order valence-corrected chi connectivity index (χ0v) is 25.8. The molecule has 9 nitrogen and oxygen atoms in total. The molecule has 228 valence electrons. The van der Waals surface area contributed by atoms with Gasteiger partial charge in [-0.05, 0) is 81.3 Å². The molecule has 3 aromatic heterocycles. The van der Waals surface area contributed by atoms with E-state index < -0.39 is 11.7 Å². The molecule has 9 heteroatoms. The Labute approximate surface area is 257 Å². The van der Waals surface area contributed by atoms with Gasteiger partial charge in [-0.2, -0.15) is 0 Å². The molecule has 1 amide bonds. The quantitative estimate of drug-likeness (QED) is 0.171. The van der Waals surface area contributed by atoms with E-state index in [9.17, 15) is 9.59 Å². The van der Waals surface area contributed by atoms with Crippen molar-refractivity contribution in [2.75, 3.05) is 25.2 Å². The number of aromatic amines is 1. The summed E-state index contributed by atoms with van der Waals surface area (Å²) in [5.74, 6) is 0.682. The monoisotopic (exact) mass is 594 g/mol. The van der Waals surface area contributed by atoms with Crippen molar-refractivity contribution in [1.29, 1.82) is 0 Å². The summed E-state index contributed by atoms with van der Waals surface area (Å²) in [4.78, 5) is 39.2. The minimum Gasteiger partial charge on any atom is -0.493 e. The minimum atomic E-state index is -0.595. The first-order valence-corrected chi connectivity index (χ1v) is 14.8. The maximum Gasteiger partial charge on any atom is 0.415 e. The second-order valence-electron chi connectivity index (χ2n) is 11.6. The smallest absolute Gasteiger partial charge is 0.415 e. The Kier molecular flexibility index (Phi) is 9.13. The normalized spacial score (nSPS) is 12.2. The van der Waals surface area contributed by atoms with Gasteiger partial charge in [0.2, 0.25) is 0 Å². The highest BCUT2D eigenvalue weighted by Gasteiger charge is 2.24. The number of rotatable bonds is 10. The van der Waals surface area contributed by atoms with E-state index >= 15 is 0 Å². The molecule has 0 bridgehead atoms. The van der Waals surface area contributed by atoms with E-state index in [-0.39, 0.29) is 18.3 Å². The first-order valence-electron chi connectivity index (χ1n) is 14.8. The van der Waals surface area contributed by atoms with Gasteiger partial charge in [-0.15, -0.1) is 0 Å². The maximum atomic E-state index is 12.7. The number of amides is 1. The van der Waals surface area contributed by atoms with E-state index in [0.717, 1.165) is 38.6 Å². The summed E-state index contributed by atoms with van der Waals surface area (Å²) >= 11 is 0. The number of carbonyl (C=O) groups is 2. The standard InChI is InChI=1S/C35H38N4O5/c1-6-42-33(40)20-27(24-18-23-10-7-8-12-30(23)36-21-24)29-22-37-31-15-14-26(19-28(29)31)43-17-16-25-11-9-13-32(38-25)39(5)34(41)44-35(2,3)4/h7-15,18-19,21-22,27,37H,6,16-17,20H2,1-5H3. The summed E-state index contributed by atoms with van der Waals surface area (Å²) in [6, 6.07) is 21.4. The molecule has 0 fully saturated rings. The van der Waals surface area contributed by atoms with Crippen LogP contribution in [0.1, 0.15) is 56.9 Å². The van der Waals surface area contributed by atoms with Gasteiger partial charge in [0.15, 0.2) is 0 Å². The number of anilines is 1. The molecule has 0 spiro atoms. The number of nitrogens with zero attached hydrogens (tertiary/aromatic N) is 3. The second kappa shape index (κ2) is 13.2. The molecule has 44 heavy (non-hydrogen) atoms. The molecular formula is C35H38N4O5. The lowest BCUT2D eigenvalue weighted by Crippen LogP contribution is -2.34. The first-order chi connectivity index (χ1) is 21.1. The SMILES string of the molecule is CCOC(=O)CC(c1cnc2ccccc2c1)c1c[nH]c2ccc(OCCc3cccc(N(C)C(=O)OC(C)(C)C)n3)cc12. The van der Waals surface area contributed by atoms with Crippen molar-refractivity contribution in [2.24, 2.45) is 0 Å². The number of hydrogen-bond acceptors (Lipinski definition) is 7. The van der Waals surface area contributed by atoms with Crippen molar-refractivity contribution in [3.8, 4) is 5.75 Å². The van der Waals surface area contributed by atoms with Crippen LogP contribution in [0.3, 0.4) is 0 Å². The highest BCUT2D eigenvalue weighted by molar-refractivity contribution is 5.87. The van der Waals surface area contributed by atoms with Crippen molar-refractivity contribution in [1.82, 2.24) is 15.0 Å². The van der Waals surface area contributed by atoms with Crippen molar-refractivity contribution >= 4 is 39.7 Å². The summed E-state index contributed by atoms with van der Waals surface area (Å²) < 4.78 is 17.0. The molecule has 2 aromatic carbocycles. The Morgan fingerprint density at radius 3 is 2.64 bits per heavy atom. The van der Waals surface area contributed by atoms with Crippen molar-refractivity contribution < 1.29 is 23.8 Å². The van der Waals surface area contributed by atoms with Gasteiger partial charge in [0, 0.05) is 53.8 Å². The number of pyridine rings is 2. The Balaban J connectivity index is 1.34. The minimum absolute atomic E-state index is 0.186. The number of fused-ring (bicyclic) bond motifs is 2. The third-order valence-electron chi connectivity index (χ3n) is 7.18. The average Bonchev–Trinajstić information content (AvgIpc) is 3.42. The van der Waals surface area contributed by atoms with Crippen LogP contribution in [0.4, 0.5) is 10.6 Å². The van der Waals surface area contributed by atoms with Crippen LogP contribution in [0.25, 0.3) is 21.8 Å². The van der Waals surface area contributed by atoms with Crippen molar-refractivity contribution in [2.45, 2.75) is 52.1 Å². The van der Waals surface area contributed by atoms with Crippen molar-refractivity contribution in [3.63, 3.8) is 0 Å². The van der Waals surface area contributed by atoms with Crippen LogP contribution in [-0.4, -0.2) is 52.9 Å². The van der Waals surface area contributed by atoms with E-state index in [2.05, 4.69) is 21.0 Å². The van der Waals surface area contributed by atoms with Gasteiger partial charge >= 0.3 is 12.1 Å². The lowest BCUT2D eigenvalue weighted by Gasteiger charge is -2.24. The molecule has 0 aliphatic heterocycles. The zero-order chi connectivity index (χ0) is 31.3. The number of para-hydroxylation sites is 1. The number of aromatic nitrogens is 3. The van der Waals surface area contributed by atoms with Crippen LogP contribution in [0.5, 0.6) is 5.75 Å². The third-order valence-corrected chi connectivity index (χ3v) is 7.18. The van der Waals surface area contributed by atoms with Crippen LogP contribution < -0.4 is 9.64 Å². The maximum absolute atomic E-state index is 12.7.